The number of phenols is 1. The molecule has 4 nitrogen and oxygen atoms in total. The number of aromatic hydroxyl groups is 1. The summed E-state index contributed by atoms with van der Waals surface area (Å²) in [5, 5.41) is 20.2. The molecule has 0 atom stereocenters. The van der Waals surface area contributed by atoms with Crippen molar-refractivity contribution in [1.82, 2.24) is 0 Å². The molecular weight excluding hydrogens is 255 g/mol. The van der Waals surface area contributed by atoms with Crippen molar-refractivity contribution in [1.29, 1.82) is 0 Å². The van der Waals surface area contributed by atoms with E-state index in [4.69, 9.17) is 9.31 Å². The lowest BCUT2D eigenvalue weighted by molar-refractivity contribution is 0.00578. The number of rotatable bonds is 2. The molecule has 0 radical (unpaired) electrons. The van der Waals surface area contributed by atoms with E-state index in [1.165, 1.54) is 0 Å². The Morgan fingerprint density at radius 3 is 2.10 bits per heavy atom. The minimum Gasteiger partial charge on any atom is -0.508 e. The molecule has 1 aromatic rings. The van der Waals surface area contributed by atoms with Gasteiger partial charge in [-0.05, 0) is 63.7 Å². The average molecular weight is 276 g/mol. The van der Waals surface area contributed by atoms with Crippen LogP contribution in [0.3, 0.4) is 0 Å². The Bertz CT molecular complexity index is 533. The van der Waals surface area contributed by atoms with E-state index in [0.29, 0.717) is 0 Å². The molecule has 3 rings (SSSR count). The normalized spacial score (nSPS) is 25.8. The lowest BCUT2D eigenvalue weighted by atomic mass is 9.74. The highest BCUT2D eigenvalue weighted by atomic mass is 16.7. The number of benzene rings is 1. The zero-order valence-corrected chi connectivity index (χ0v) is 12.4. The van der Waals surface area contributed by atoms with E-state index in [2.05, 4.69) is 0 Å². The molecule has 0 unspecified atom stereocenters. The van der Waals surface area contributed by atoms with Gasteiger partial charge in [-0.1, -0.05) is 6.07 Å². The number of aliphatic hydroxyl groups is 1. The van der Waals surface area contributed by atoms with Gasteiger partial charge in [-0.15, -0.1) is 0 Å². The Labute approximate surface area is 119 Å². The highest BCUT2D eigenvalue weighted by molar-refractivity contribution is 6.62. The van der Waals surface area contributed by atoms with Crippen LogP contribution in [0, 0.1) is 0 Å². The van der Waals surface area contributed by atoms with Crippen molar-refractivity contribution in [3.8, 4) is 5.75 Å². The van der Waals surface area contributed by atoms with E-state index >= 15 is 0 Å². The van der Waals surface area contributed by atoms with Crippen molar-refractivity contribution in [3.05, 3.63) is 23.8 Å². The van der Waals surface area contributed by atoms with Gasteiger partial charge in [-0.2, -0.15) is 0 Å². The molecule has 5 heteroatoms. The molecule has 1 saturated heterocycles. The van der Waals surface area contributed by atoms with Crippen LogP contribution in [0.15, 0.2) is 18.2 Å². The average Bonchev–Trinajstić information content (AvgIpc) is 3.01. The van der Waals surface area contributed by atoms with Crippen LogP contribution in [0.5, 0.6) is 5.75 Å². The monoisotopic (exact) mass is 276 g/mol. The lowest BCUT2D eigenvalue weighted by Crippen LogP contribution is -2.41. The zero-order chi connectivity index (χ0) is 14.8. The summed E-state index contributed by atoms with van der Waals surface area (Å²) in [5.74, 6) is 0.155. The maximum atomic E-state index is 10.4. The Balaban J connectivity index is 2.01. The van der Waals surface area contributed by atoms with Gasteiger partial charge in [0.25, 0.3) is 0 Å². The summed E-state index contributed by atoms with van der Waals surface area (Å²) in [7, 11) is -0.563. The summed E-state index contributed by atoms with van der Waals surface area (Å²) >= 11 is 0. The Morgan fingerprint density at radius 1 is 1.05 bits per heavy atom. The van der Waals surface area contributed by atoms with E-state index in [-0.39, 0.29) is 5.75 Å². The summed E-state index contributed by atoms with van der Waals surface area (Å²) in [5.41, 5.74) is -0.136. The zero-order valence-electron chi connectivity index (χ0n) is 12.4. The largest absolute Gasteiger partial charge is 0.508 e. The van der Waals surface area contributed by atoms with E-state index in [1.807, 2.05) is 27.7 Å². The van der Waals surface area contributed by atoms with E-state index in [1.54, 1.807) is 18.2 Å². The highest BCUT2D eigenvalue weighted by Crippen LogP contribution is 2.46. The molecule has 1 saturated carbocycles. The Kier molecular flexibility index (Phi) is 2.78. The fraction of sp³-hybridized carbons (Fsp3) is 0.600. The van der Waals surface area contributed by atoms with E-state index in [0.717, 1.165) is 23.9 Å². The minimum atomic E-state index is -0.785. The van der Waals surface area contributed by atoms with E-state index < -0.39 is 23.9 Å². The molecule has 1 aliphatic heterocycles. The van der Waals surface area contributed by atoms with Gasteiger partial charge in [0, 0.05) is 0 Å². The maximum Gasteiger partial charge on any atom is 0.495 e. The number of hydrogen-bond donors (Lipinski definition) is 2. The molecular formula is C15H21BO4. The second-order valence-corrected chi connectivity index (χ2v) is 6.89. The smallest absolute Gasteiger partial charge is 0.495 e. The number of hydrogen-bond acceptors (Lipinski definition) is 4. The predicted octanol–water partition coefficient (Wildman–Crippen LogP) is 1.67. The van der Waals surface area contributed by atoms with Crippen LogP contribution in [0.2, 0.25) is 0 Å². The van der Waals surface area contributed by atoms with Gasteiger partial charge in [-0.3, -0.25) is 0 Å². The fourth-order valence-electron chi connectivity index (χ4n) is 2.53. The van der Waals surface area contributed by atoms with Crippen LogP contribution in [0.4, 0.5) is 0 Å². The van der Waals surface area contributed by atoms with Gasteiger partial charge in [0.1, 0.15) is 5.75 Å². The summed E-state index contributed by atoms with van der Waals surface area (Å²) < 4.78 is 12.0. The maximum absolute atomic E-state index is 10.4. The first kappa shape index (κ1) is 13.9. The van der Waals surface area contributed by atoms with Crippen LogP contribution in [-0.4, -0.2) is 28.5 Å². The topological polar surface area (TPSA) is 58.9 Å². The molecule has 0 bridgehead atoms. The molecule has 0 aromatic heterocycles. The third kappa shape index (κ3) is 2.05. The molecule has 0 amide bonds. The van der Waals surface area contributed by atoms with Crippen LogP contribution < -0.4 is 5.46 Å². The van der Waals surface area contributed by atoms with Gasteiger partial charge in [0.15, 0.2) is 0 Å². The lowest BCUT2D eigenvalue weighted by Gasteiger charge is -2.32. The molecule has 108 valence electrons. The SMILES string of the molecule is CC1(C)OB(c2cc(O)ccc2C2(O)CC2)OC1(C)C. The molecule has 2 fully saturated rings. The van der Waals surface area contributed by atoms with Crippen molar-refractivity contribution >= 4 is 12.6 Å². The van der Waals surface area contributed by atoms with Crippen molar-refractivity contribution in [2.45, 2.75) is 57.3 Å². The molecule has 1 aromatic carbocycles. The van der Waals surface area contributed by atoms with Crippen LogP contribution in [0.25, 0.3) is 0 Å². The predicted molar refractivity (Wildman–Crippen MR) is 77.0 cm³/mol. The standard InChI is InChI=1S/C15H21BO4/c1-13(2)14(3,4)20-16(19-13)12-9-10(17)5-6-11(12)15(18)7-8-15/h5-6,9,17-18H,7-8H2,1-4H3. The highest BCUT2D eigenvalue weighted by Gasteiger charge is 2.54. The summed E-state index contributed by atoms with van der Waals surface area (Å²) in [6.45, 7) is 7.95. The first-order valence-electron chi connectivity index (χ1n) is 7.06. The van der Waals surface area contributed by atoms with Crippen LogP contribution in [-0.2, 0) is 14.9 Å². The summed E-state index contributed by atoms with van der Waals surface area (Å²) in [6, 6.07) is 5.00. The summed E-state index contributed by atoms with van der Waals surface area (Å²) in [6.07, 6.45) is 1.48. The van der Waals surface area contributed by atoms with Crippen molar-refractivity contribution in [3.63, 3.8) is 0 Å². The van der Waals surface area contributed by atoms with Crippen LogP contribution in [0.1, 0.15) is 46.1 Å². The Morgan fingerprint density at radius 2 is 1.60 bits per heavy atom. The molecule has 0 spiro atoms. The first-order chi connectivity index (χ1) is 9.15. The van der Waals surface area contributed by atoms with E-state index in [9.17, 15) is 10.2 Å². The molecule has 2 aliphatic rings. The van der Waals surface area contributed by atoms with Gasteiger partial charge in [0.05, 0.1) is 16.8 Å². The second kappa shape index (κ2) is 4.00. The first-order valence-corrected chi connectivity index (χ1v) is 7.06. The van der Waals surface area contributed by atoms with Gasteiger partial charge in [0.2, 0.25) is 0 Å². The van der Waals surface area contributed by atoms with Crippen molar-refractivity contribution in [2.24, 2.45) is 0 Å². The fourth-order valence-corrected chi connectivity index (χ4v) is 2.53. The van der Waals surface area contributed by atoms with Gasteiger partial charge >= 0.3 is 7.12 Å². The van der Waals surface area contributed by atoms with Gasteiger partial charge < -0.3 is 19.5 Å². The molecule has 1 heterocycles. The van der Waals surface area contributed by atoms with Crippen molar-refractivity contribution in [2.75, 3.05) is 0 Å². The molecule has 1 aliphatic carbocycles. The second-order valence-electron chi connectivity index (χ2n) is 6.89. The third-order valence-electron chi connectivity index (χ3n) is 4.77. The number of phenolic OH excluding ortho intramolecular Hbond substituents is 1. The molecule has 20 heavy (non-hydrogen) atoms. The quantitative estimate of drug-likeness (QED) is 0.807. The van der Waals surface area contributed by atoms with Crippen LogP contribution >= 0.6 is 0 Å². The summed E-state index contributed by atoms with van der Waals surface area (Å²) in [4.78, 5) is 0. The van der Waals surface area contributed by atoms with Crippen molar-refractivity contribution < 1.29 is 19.5 Å². The Hall–Kier alpha value is -1.04. The third-order valence-corrected chi connectivity index (χ3v) is 4.77. The molecule has 2 N–H and O–H groups in total. The minimum absolute atomic E-state index is 0.155. The van der Waals surface area contributed by atoms with Gasteiger partial charge in [-0.25, -0.2) is 0 Å².